The van der Waals surface area contributed by atoms with E-state index in [2.05, 4.69) is 81.8 Å². The summed E-state index contributed by atoms with van der Waals surface area (Å²) >= 11 is 1.73. The largest absolute Gasteiger partial charge is 0.361 e. The van der Waals surface area contributed by atoms with E-state index in [-0.39, 0.29) is 17.9 Å². The molecule has 0 saturated carbocycles. The fourth-order valence-electron chi connectivity index (χ4n) is 3.88. The van der Waals surface area contributed by atoms with Gasteiger partial charge in [-0.2, -0.15) is 0 Å². The molecule has 4 nitrogen and oxygen atoms in total. The molecule has 1 amide bonds. The summed E-state index contributed by atoms with van der Waals surface area (Å²) in [5.41, 5.74) is 3.69. The summed E-state index contributed by atoms with van der Waals surface area (Å²) in [6.07, 6.45) is 3.00. The lowest BCUT2D eigenvalue weighted by atomic mass is 9.90. The van der Waals surface area contributed by atoms with Crippen molar-refractivity contribution in [3.8, 4) is 0 Å². The Morgan fingerprint density at radius 2 is 1.87 bits per heavy atom. The molecule has 4 aromatic rings. The van der Waals surface area contributed by atoms with Gasteiger partial charge in [0.1, 0.15) is 0 Å². The van der Waals surface area contributed by atoms with Crippen molar-refractivity contribution in [2.75, 3.05) is 13.1 Å². The molecule has 2 heterocycles. The molecule has 0 radical (unpaired) electrons. The maximum absolute atomic E-state index is 12.6. The number of carbonyl (C=O) groups excluding carboxylic acids is 1. The Bertz CT molecular complexity index is 1070. The monoisotopic (exact) mass is 418 g/mol. The molecular formula is C25H28N3OS+. The molecular weight excluding hydrogens is 390 g/mol. The first-order chi connectivity index (χ1) is 14.7. The van der Waals surface area contributed by atoms with Crippen LogP contribution in [0.25, 0.3) is 10.9 Å². The molecule has 5 heteroatoms. The maximum Gasteiger partial charge on any atom is 0.277 e. The first-order valence-corrected chi connectivity index (χ1v) is 11.3. The topological polar surface area (TPSA) is 61.5 Å². The number of benzene rings is 2. The SMILES string of the molecule is C[C@@H]([NH2+]C[C@@H](c1ccccc1)c1c[nH]c2ccccc12)C(=O)NCCc1cccs1. The number of H-pyrrole nitrogens is 1. The zero-order chi connectivity index (χ0) is 20.8. The molecule has 0 aliphatic carbocycles. The van der Waals surface area contributed by atoms with Crippen molar-refractivity contribution in [2.24, 2.45) is 0 Å². The highest BCUT2D eigenvalue weighted by molar-refractivity contribution is 7.09. The quantitative estimate of drug-likeness (QED) is 0.382. The number of nitrogens with two attached hydrogens (primary N) is 1. The number of hydrogen-bond acceptors (Lipinski definition) is 2. The normalized spacial score (nSPS) is 13.2. The van der Waals surface area contributed by atoms with Gasteiger partial charge < -0.3 is 15.6 Å². The van der Waals surface area contributed by atoms with Crippen molar-refractivity contribution in [3.05, 3.63) is 94.3 Å². The van der Waals surface area contributed by atoms with Crippen LogP contribution >= 0.6 is 11.3 Å². The molecule has 4 rings (SSSR count). The van der Waals surface area contributed by atoms with Gasteiger partial charge in [0.05, 0.1) is 12.5 Å². The fraction of sp³-hybridized carbons (Fsp3) is 0.240. The van der Waals surface area contributed by atoms with E-state index < -0.39 is 0 Å². The number of rotatable bonds is 9. The number of quaternary nitrogens is 1. The van der Waals surface area contributed by atoms with Gasteiger partial charge >= 0.3 is 0 Å². The van der Waals surface area contributed by atoms with Crippen LogP contribution in [0.15, 0.2) is 78.3 Å². The van der Waals surface area contributed by atoms with Crippen LogP contribution in [0.3, 0.4) is 0 Å². The van der Waals surface area contributed by atoms with Gasteiger partial charge in [-0.25, -0.2) is 0 Å². The minimum atomic E-state index is -0.134. The van der Waals surface area contributed by atoms with Gasteiger partial charge in [0, 0.05) is 28.5 Å². The Morgan fingerprint density at radius 1 is 1.07 bits per heavy atom. The minimum absolute atomic E-state index is 0.0947. The van der Waals surface area contributed by atoms with Crippen LogP contribution in [0.4, 0.5) is 0 Å². The smallest absolute Gasteiger partial charge is 0.277 e. The lowest BCUT2D eigenvalue weighted by Crippen LogP contribution is -2.92. The van der Waals surface area contributed by atoms with Crippen LogP contribution in [0.1, 0.15) is 28.8 Å². The summed E-state index contributed by atoms with van der Waals surface area (Å²) in [5, 5.41) is 8.55. The Balaban J connectivity index is 1.42. The number of hydrogen-bond donors (Lipinski definition) is 3. The average molecular weight is 419 g/mol. The Hall–Kier alpha value is -2.89. The lowest BCUT2D eigenvalue weighted by molar-refractivity contribution is -0.674. The molecule has 0 fully saturated rings. The molecule has 4 N–H and O–H groups in total. The molecule has 0 aliphatic heterocycles. The van der Waals surface area contributed by atoms with Gasteiger partial charge in [0.2, 0.25) is 0 Å². The second kappa shape index (κ2) is 9.74. The number of aromatic amines is 1. The van der Waals surface area contributed by atoms with Crippen LogP contribution in [0.2, 0.25) is 0 Å². The van der Waals surface area contributed by atoms with Gasteiger partial charge in [0.15, 0.2) is 6.04 Å². The third-order valence-electron chi connectivity index (χ3n) is 5.59. The minimum Gasteiger partial charge on any atom is -0.361 e. The number of nitrogens with one attached hydrogen (secondary N) is 2. The summed E-state index contributed by atoms with van der Waals surface area (Å²) in [5.74, 6) is 0.306. The van der Waals surface area contributed by atoms with Crippen LogP contribution in [-0.2, 0) is 11.2 Å². The Labute approximate surface area is 181 Å². The summed E-state index contributed by atoms with van der Waals surface area (Å²) in [4.78, 5) is 17.3. The summed E-state index contributed by atoms with van der Waals surface area (Å²) in [7, 11) is 0. The molecule has 30 heavy (non-hydrogen) atoms. The first kappa shape index (κ1) is 20.4. The van der Waals surface area contributed by atoms with Crippen molar-refractivity contribution in [1.29, 1.82) is 0 Å². The predicted octanol–water partition coefficient (Wildman–Crippen LogP) is 3.67. The number of para-hydroxylation sites is 1. The van der Waals surface area contributed by atoms with Crippen molar-refractivity contribution in [2.45, 2.75) is 25.3 Å². The second-order valence-corrected chi connectivity index (χ2v) is 8.67. The zero-order valence-corrected chi connectivity index (χ0v) is 18.0. The Morgan fingerprint density at radius 3 is 2.67 bits per heavy atom. The van der Waals surface area contributed by atoms with Crippen LogP contribution in [0, 0.1) is 0 Å². The van der Waals surface area contributed by atoms with Gasteiger partial charge in [-0.3, -0.25) is 4.79 Å². The highest BCUT2D eigenvalue weighted by Crippen LogP contribution is 2.29. The third-order valence-corrected chi connectivity index (χ3v) is 6.52. The van der Waals surface area contributed by atoms with Gasteiger partial charge in [-0.15, -0.1) is 11.3 Å². The van der Waals surface area contributed by atoms with E-state index in [4.69, 9.17) is 0 Å². The predicted molar refractivity (Wildman–Crippen MR) is 124 cm³/mol. The van der Waals surface area contributed by atoms with E-state index in [1.54, 1.807) is 11.3 Å². The van der Waals surface area contributed by atoms with Crippen LogP contribution in [-0.4, -0.2) is 30.0 Å². The Kier molecular flexibility index (Phi) is 6.62. The van der Waals surface area contributed by atoms with Crippen molar-refractivity contribution >= 4 is 28.1 Å². The molecule has 0 unspecified atom stereocenters. The van der Waals surface area contributed by atoms with Gasteiger partial charge in [-0.05, 0) is 42.0 Å². The molecule has 2 aromatic carbocycles. The fourth-order valence-corrected chi connectivity index (χ4v) is 4.59. The van der Waals surface area contributed by atoms with E-state index in [9.17, 15) is 4.79 Å². The number of thiophene rings is 1. The first-order valence-electron chi connectivity index (χ1n) is 10.5. The molecule has 2 aromatic heterocycles. The molecule has 2 atom stereocenters. The average Bonchev–Trinajstić information content (AvgIpc) is 3.45. The number of fused-ring (bicyclic) bond motifs is 1. The second-order valence-electron chi connectivity index (χ2n) is 7.63. The van der Waals surface area contributed by atoms with Gasteiger partial charge in [-0.1, -0.05) is 54.6 Å². The molecule has 154 valence electrons. The van der Waals surface area contributed by atoms with E-state index >= 15 is 0 Å². The third kappa shape index (κ3) is 4.81. The zero-order valence-electron chi connectivity index (χ0n) is 17.2. The van der Waals surface area contributed by atoms with Crippen LogP contribution in [0.5, 0.6) is 0 Å². The number of aromatic nitrogens is 1. The summed E-state index contributed by atoms with van der Waals surface area (Å²) in [6.45, 7) is 3.48. The van der Waals surface area contributed by atoms with E-state index in [1.165, 1.54) is 21.4 Å². The van der Waals surface area contributed by atoms with Crippen molar-refractivity contribution in [1.82, 2.24) is 10.3 Å². The highest BCUT2D eigenvalue weighted by atomic mass is 32.1. The standard InChI is InChI=1S/C25H27N3OS/c1-18(25(29)26-14-13-20-10-7-15-30-20)27-16-22(19-8-3-2-4-9-19)23-17-28-24-12-6-5-11-21(23)24/h2-12,15,17-18,22,27-28H,13-14,16H2,1H3,(H,26,29)/p+1/t18-,22+/m1/s1. The van der Waals surface area contributed by atoms with E-state index in [0.29, 0.717) is 6.54 Å². The molecule has 0 aliphatic rings. The van der Waals surface area contributed by atoms with Crippen molar-refractivity contribution < 1.29 is 10.1 Å². The highest BCUT2D eigenvalue weighted by Gasteiger charge is 2.23. The van der Waals surface area contributed by atoms with Crippen LogP contribution < -0.4 is 10.6 Å². The van der Waals surface area contributed by atoms with Gasteiger partial charge in [0.25, 0.3) is 5.91 Å². The van der Waals surface area contributed by atoms with E-state index in [0.717, 1.165) is 18.5 Å². The number of carbonyl (C=O) groups is 1. The summed E-state index contributed by atoms with van der Waals surface area (Å²) < 4.78 is 0. The van der Waals surface area contributed by atoms with E-state index in [1.807, 2.05) is 19.1 Å². The maximum atomic E-state index is 12.6. The van der Waals surface area contributed by atoms with Crippen molar-refractivity contribution in [3.63, 3.8) is 0 Å². The molecule has 0 spiro atoms. The molecule has 0 bridgehead atoms. The number of amides is 1. The summed E-state index contributed by atoms with van der Waals surface area (Å²) in [6, 6.07) is 23.0. The molecule has 0 saturated heterocycles. The lowest BCUT2D eigenvalue weighted by Gasteiger charge is -2.18.